The van der Waals surface area contributed by atoms with Gasteiger partial charge in [-0.2, -0.15) is 0 Å². The molecule has 2 heteroatoms. The second-order valence-electron chi connectivity index (χ2n) is 4.87. The molecule has 1 aliphatic rings. The summed E-state index contributed by atoms with van der Waals surface area (Å²) < 4.78 is 5.27. The van der Waals surface area contributed by atoms with E-state index in [2.05, 4.69) is 6.92 Å². The average molecular weight is 226 g/mol. The summed E-state index contributed by atoms with van der Waals surface area (Å²) in [5, 5.41) is 0. The Kier molecular flexibility index (Phi) is 7.48. The van der Waals surface area contributed by atoms with E-state index in [-0.39, 0.29) is 0 Å². The van der Waals surface area contributed by atoms with Crippen LogP contribution in [0.3, 0.4) is 0 Å². The molecule has 1 fully saturated rings. The first-order valence-corrected chi connectivity index (χ1v) is 6.95. The highest BCUT2D eigenvalue weighted by molar-refractivity contribution is 5.80. The predicted octanol–water partition coefficient (Wildman–Crippen LogP) is 3.73. The Morgan fingerprint density at radius 1 is 1.06 bits per heavy atom. The van der Waals surface area contributed by atoms with Gasteiger partial charge in [-0.05, 0) is 19.3 Å². The van der Waals surface area contributed by atoms with Crippen LogP contribution in [-0.2, 0) is 9.53 Å². The average Bonchev–Trinajstić information content (AvgIpc) is 2.34. The minimum atomic E-state index is 0.310. The molecule has 1 aliphatic heterocycles. The second-order valence-corrected chi connectivity index (χ2v) is 4.87. The third kappa shape index (κ3) is 5.64. The summed E-state index contributed by atoms with van der Waals surface area (Å²) in [6.07, 6.45) is 10.3. The molecule has 0 aliphatic carbocycles. The Morgan fingerprint density at radius 2 is 1.69 bits per heavy atom. The van der Waals surface area contributed by atoms with E-state index in [1.54, 1.807) is 0 Å². The Balaban J connectivity index is 1.97. The monoisotopic (exact) mass is 226 g/mol. The van der Waals surface area contributed by atoms with Crippen molar-refractivity contribution in [3.63, 3.8) is 0 Å². The van der Waals surface area contributed by atoms with Gasteiger partial charge in [0.05, 0.1) is 0 Å². The third-order valence-corrected chi connectivity index (χ3v) is 3.45. The maximum absolute atomic E-state index is 11.8. The van der Waals surface area contributed by atoms with E-state index < -0.39 is 0 Å². The number of ketones is 1. The fraction of sp³-hybridized carbons (Fsp3) is 0.929. The molecule has 0 N–H and O–H groups in total. The summed E-state index contributed by atoms with van der Waals surface area (Å²) in [6.45, 7) is 3.80. The van der Waals surface area contributed by atoms with E-state index in [4.69, 9.17) is 4.74 Å². The van der Waals surface area contributed by atoms with E-state index >= 15 is 0 Å². The number of ether oxygens (including phenoxy) is 1. The van der Waals surface area contributed by atoms with Crippen LogP contribution in [0.4, 0.5) is 0 Å². The first kappa shape index (κ1) is 13.7. The first-order valence-electron chi connectivity index (χ1n) is 6.95. The smallest absolute Gasteiger partial charge is 0.136 e. The van der Waals surface area contributed by atoms with Crippen LogP contribution in [0.15, 0.2) is 0 Å². The molecule has 0 bridgehead atoms. The Labute approximate surface area is 99.8 Å². The maximum atomic E-state index is 11.8. The largest absolute Gasteiger partial charge is 0.381 e. The molecule has 0 aromatic heterocycles. The zero-order valence-electron chi connectivity index (χ0n) is 10.7. The van der Waals surface area contributed by atoms with E-state index in [9.17, 15) is 4.79 Å². The van der Waals surface area contributed by atoms with E-state index in [0.29, 0.717) is 11.7 Å². The van der Waals surface area contributed by atoms with Gasteiger partial charge >= 0.3 is 0 Å². The van der Waals surface area contributed by atoms with Gasteiger partial charge in [0, 0.05) is 25.6 Å². The van der Waals surface area contributed by atoms with Crippen molar-refractivity contribution in [1.82, 2.24) is 0 Å². The predicted molar refractivity (Wildman–Crippen MR) is 66.5 cm³/mol. The third-order valence-electron chi connectivity index (χ3n) is 3.45. The molecule has 1 saturated heterocycles. The van der Waals surface area contributed by atoms with Crippen LogP contribution >= 0.6 is 0 Å². The summed E-state index contributed by atoms with van der Waals surface area (Å²) in [4.78, 5) is 11.8. The highest BCUT2D eigenvalue weighted by Crippen LogP contribution is 2.18. The van der Waals surface area contributed by atoms with Crippen LogP contribution in [0.2, 0.25) is 0 Å². The van der Waals surface area contributed by atoms with Gasteiger partial charge in [0.2, 0.25) is 0 Å². The quantitative estimate of drug-likeness (QED) is 0.589. The zero-order valence-corrected chi connectivity index (χ0v) is 10.7. The maximum Gasteiger partial charge on any atom is 0.136 e. The van der Waals surface area contributed by atoms with E-state index in [1.807, 2.05) is 0 Å². The highest BCUT2D eigenvalue weighted by Gasteiger charge is 2.20. The van der Waals surface area contributed by atoms with Crippen molar-refractivity contribution >= 4 is 5.78 Å². The van der Waals surface area contributed by atoms with E-state index in [0.717, 1.165) is 38.9 Å². The number of hydrogen-bond acceptors (Lipinski definition) is 2. The molecule has 0 aromatic rings. The normalized spacial score (nSPS) is 17.6. The molecule has 0 saturated carbocycles. The summed E-state index contributed by atoms with van der Waals surface area (Å²) in [5.41, 5.74) is 0. The van der Waals surface area contributed by atoms with Crippen LogP contribution in [-0.4, -0.2) is 19.0 Å². The minimum absolute atomic E-state index is 0.310. The van der Waals surface area contributed by atoms with Crippen molar-refractivity contribution in [2.24, 2.45) is 5.92 Å². The van der Waals surface area contributed by atoms with Crippen LogP contribution in [0.25, 0.3) is 0 Å². The Hall–Kier alpha value is -0.370. The molecule has 2 nitrogen and oxygen atoms in total. The molecule has 0 atom stereocenters. The number of carbonyl (C=O) groups is 1. The minimum Gasteiger partial charge on any atom is -0.381 e. The lowest BCUT2D eigenvalue weighted by atomic mass is 9.92. The summed E-state index contributed by atoms with van der Waals surface area (Å²) in [6, 6.07) is 0. The van der Waals surface area contributed by atoms with Crippen molar-refractivity contribution < 1.29 is 9.53 Å². The van der Waals surface area contributed by atoms with Crippen LogP contribution in [0, 0.1) is 5.92 Å². The lowest BCUT2D eigenvalue weighted by Gasteiger charge is -2.20. The zero-order chi connectivity index (χ0) is 11.6. The number of hydrogen-bond donors (Lipinski definition) is 0. The summed E-state index contributed by atoms with van der Waals surface area (Å²) >= 11 is 0. The standard InChI is InChI=1S/C14H26O2/c1-2-3-4-5-6-7-8-14(15)13-9-11-16-12-10-13/h13H,2-12H2,1H3. The summed E-state index contributed by atoms with van der Waals surface area (Å²) in [5.74, 6) is 0.795. The molecule has 0 aromatic carbocycles. The molecule has 1 rings (SSSR count). The molecule has 94 valence electrons. The van der Waals surface area contributed by atoms with Gasteiger partial charge in [0.25, 0.3) is 0 Å². The molecule has 1 heterocycles. The van der Waals surface area contributed by atoms with Gasteiger partial charge in [-0.1, -0.05) is 39.0 Å². The molecule has 0 radical (unpaired) electrons. The van der Waals surface area contributed by atoms with Crippen molar-refractivity contribution in [3.8, 4) is 0 Å². The fourth-order valence-electron chi connectivity index (χ4n) is 2.30. The van der Waals surface area contributed by atoms with Crippen LogP contribution < -0.4 is 0 Å². The van der Waals surface area contributed by atoms with Crippen molar-refractivity contribution in [1.29, 1.82) is 0 Å². The fourth-order valence-corrected chi connectivity index (χ4v) is 2.30. The molecular weight excluding hydrogens is 200 g/mol. The number of unbranched alkanes of at least 4 members (excludes halogenated alkanes) is 5. The van der Waals surface area contributed by atoms with Crippen molar-refractivity contribution in [2.45, 2.75) is 64.7 Å². The van der Waals surface area contributed by atoms with E-state index in [1.165, 1.54) is 32.1 Å². The first-order chi connectivity index (χ1) is 7.84. The van der Waals surface area contributed by atoms with Gasteiger partial charge in [-0.15, -0.1) is 0 Å². The highest BCUT2D eigenvalue weighted by atomic mass is 16.5. The van der Waals surface area contributed by atoms with Gasteiger partial charge in [0.1, 0.15) is 5.78 Å². The van der Waals surface area contributed by atoms with Crippen molar-refractivity contribution in [2.75, 3.05) is 13.2 Å². The number of rotatable bonds is 8. The van der Waals surface area contributed by atoms with Gasteiger partial charge in [0.15, 0.2) is 0 Å². The number of carbonyl (C=O) groups excluding carboxylic acids is 1. The van der Waals surface area contributed by atoms with Gasteiger partial charge in [-0.25, -0.2) is 0 Å². The Morgan fingerprint density at radius 3 is 2.38 bits per heavy atom. The molecule has 16 heavy (non-hydrogen) atoms. The van der Waals surface area contributed by atoms with Gasteiger partial charge in [-0.3, -0.25) is 4.79 Å². The topological polar surface area (TPSA) is 26.3 Å². The lowest BCUT2D eigenvalue weighted by Crippen LogP contribution is -2.23. The van der Waals surface area contributed by atoms with Crippen LogP contribution in [0.5, 0.6) is 0 Å². The van der Waals surface area contributed by atoms with Crippen LogP contribution in [0.1, 0.15) is 64.7 Å². The van der Waals surface area contributed by atoms with Gasteiger partial charge < -0.3 is 4.74 Å². The second kappa shape index (κ2) is 8.74. The molecular formula is C14H26O2. The summed E-state index contributed by atoms with van der Waals surface area (Å²) in [7, 11) is 0. The number of Topliss-reactive ketones (excluding diaryl/α,β-unsaturated/α-hetero) is 1. The SMILES string of the molecule is CCCCCCCCC(=O)C1CCOCC1. The van der Waals surface area contributed by atoms with Crippen molar-refractivity contribution in [3.05, 3.63) is 0 Å². The molecule has 0 spiro atoms. The lowest BCUT2D eigenvalue weighted by molar-refractivity contribution is -0.125. The molecule has 0 unspecified atom stereocenters. The Bertz CT molecular complexity index is 183. The molecule has 0 amide bonds.